The summed E-state index contributed by atoms with van der Waals surface area (Å²) in [5, 5.41) is 9.02. The standard InChI is InChI=1S/C21H29N7O/c29-20(16-7-4-12-26(15-16)21-22-10-6-11-23-21)27-14-5-8-17(27)19-25-24-18-9-2-1-3-13-28(18)19/h6,10-11,16-17H,1-5,7-9,12-15H2. The van der Waals surface area contributed by atoms with Crippen molar-refractivity contribution in [2.24, 2.45) is 5.92 Å². The first kappa shape index (κ1) is 18.5. The maximum Gasteiger partial charge on any atom is 0.228 e. The van der Waals surface area contributed by atoms with E-state index in [2.05, 4.69) is 34.5 Å². The van der Waals surface area contributed by atoms with E-state index in [1.807, 2.05) is 6.07 Å². The maximum atomic E-state index is 13.5. The van der Waals surface area contributed by atoms with Gasteiger partial charge < -0.3 is 14.4 Å². The van der Waals surface area contributed by atoms with E-state index in [1.165, 1.54) is 19.3 Å². The summed E-state index contributed by atoms with van der Waals surface area (Å²) in [5.74, 6) is 3.10. The first-order valence-corrected chi connectivity index (χ1v) is 11.1. The van der Waals surface area contributed by atoms with Crippen molar-refractivity contribution in [2.45, 2.75) is 64.0 Å². The molecule has 0 N–H and O–H groups in total. The average molecular weight is 396 g/mol. The lowest BCUT2D eigenvalue weighted by Crippen LogP contribution is -2.45. The number of anilines is 1. The third kappa shape index (κ3) is 3.60. The van der Waals surface area contributed by atoms with Gasteiger partial charge in [0.15, 0.2) is 5.82 Å². The molecule has 5 heterocycles. The van der Waals surface area contributed by atoms with Gasteiger partial charge in [-0.1, -0.05) is 6.42 Å². The Morgan fingerprint density at radius 2 is 1.79 bits per heavy atom. The molecule has 2 atom stereocenters. The number of carbonyl (C=O) groups is 1. The smallest absolute Gasteiger partial charge is 0.228 e. The lowest BCUT2D eigenvalue weighted by atomic mass is 9.96. The maximum absolute atomic E-state index is 13.5. The van der Waals surface area contributed by atoms with Crippen LogP contribution in [0, 0.1) is 5.92 Å². The molecule has 0 aliphatic carbocycles. The molecule has 8 nitrogen and oxygen atoms in total. The van der Waals surface area contributed by atoms with Gasteiger partial charge in [0.2, 0.25) is 11.9 Å². The summed E-state index contributed by atoms with van der Waals surface area (Å²) in [6.45, 7) is 3.42. The molecule has 2 aromatic heterocycles. The molecule has 2 saturated heterocycles. The van der Waals surface area contributed by atoms with Gasteiger partial charge in [-0.15, -0.1) is 10.2 Å². The molecular weight excluding hydrogens is 366 g/mol. The quantitative estimate of drug-likeness (QED) is 0.794. The van der Waals surface area contributed by atoms with Gasteiger partial charge in [0.1, 0.15) is 5.82 Å². The highest BCUT2D eigenvalue weighted by Crippen LogP contribution is 2.35. The molecular formula is C21H29N7O. The molecule has 154 valence electrons. The number of hydrogen-bond donors (Lipinski definition) is 0. The Balaban J connectivity index is 1.33. The SMILES string of the molecule is O=C(C1CCCN(c2ncccn2)C1)N1CCCC1c1nnc2n1CCCCC2. The predicted molar refractivity (Wildman–Crippen MR) is 108 cm³/mol. The van der Waals surface area contributed by atoms with Crippen LogP contribution in [0.4, 0.5) is 5.95 Å². The molecule has 29 heavy (non-hydrogen) atoms. The van der Waals surface area contributed by atoms with Crippen LogP contribution in [0.15, 0.2) is 18.5 Å². The Bertz CT molecular complexity index is 852. The number of piperidine rings is 1. The summed E-state index contributed by atoms with van der Waals surface area (Å²) in [7, 11) is 0. The van der Waals surface area contributed by atoms with E-state index >= 15 is 0 Å². The number of carbonyl (C=O) groups excluding carboxylic acids is 1. The Labute approximate surface area is 171 Å². The highest BCUT2D eigenvalue weighted by atomic mass is 16.2. The number of hydrogen-bond acceptors (Lipinski definition) is 6. The molecule has 0 aromatic carbocycles. The third-order valence-corrected chi connectivity index (χ3v) is 6.58. The summed E-state index contributed by atoms with van der Waals surface area (Å²) in [6, 6.07) is 1.90. The van der Waals surface area contributed by atoms with Crippen LogP contribution in [-0.2, 0) is 17.8 Å². The molecule has 0 radical (unpaired) electrons. The largest absolute Gasteiger partial charge is 0.340 e. The zero-order valence-corrected chi connectivity index (χ0v) is 16.9. The number of aromatic nitrogens is 5. The first-order valence-electron chi connectivity index (χ1n) is 11.1. The van der Waals surface area contributed by atoms with E-state index in [-0.39, 0.29) is 17.9 Å². The van der Waals surface area contributed by atoms with Gasteiger partial charge in [-0.05, 0) is 44.6 Å². The Morgan fingerprint density at radius 3 is 2.69 bits per heavy atom. The molecule has 8 heteroatoms. The van der Waals surface area contributed by atoms with Crippen LogP contribution in [0.3, 0.4) is 0 Å². The highest BCUT2D eigenvalue weighted by molar-refractivity contribution is 5.80. The molecule has 3 aliphatic heterocycles. The van der Waals surface area contributed by atoms with Crippen LogP contribution in [0.25, 0.3) is 0 Å². The number of fused-ring (bicyclic) bond motifs is 1. The monoisotopic (exact) mass is 395 g/mol. The van der Waals surface area contributed by atoms with Gasteiger partial charge in [0, 0.05) is 45.0 Å². The van der Waals surface area contributed by atoms with Gasteiger partial charge in [-0.3, -0.25) is 4.79 Å². The predicted octanol–water partition coefficient (Wildman–Crippen LogP) is 2.37. The second-order valence-electron chi connectivity index (χ2n) is 8.46. The molecule has 2 unspecified atom stereocenters. The molecule has 2 aromatic rings. The van der Waals surface area contributed by atoms with Crippen LogP contribution in [-0.4, -0.2) is 55.2 Å². The Morgan fingerprint density at radius 1 is 0.931 bits per heavy atom. The first-order chi connectivity index (χ1) is 14.3. The van der Waals surface area contributed by atoms with E-state index in [0.29, 0.717) is 6.54 Å². The molecule has 0 saturated carbocycles. The van der Waals surface area contributed by atoms with Gasteiger partial charge in [-0.2, -0.15) is 0 Å². The van der Waals surface area contributed by atoms with Crippen molar-refractivity contribution in [3.8, 4) is 0 Å². The Kier molecular flexibility index (Phi) is 5.16. The molecule has 0 spiro atoms. The zero-order chi connectivity index (χ0) is 19.6. The van der Waals surface area contributed by atoms with Gasteiger partial charge >= 0.3 is 0 Å². The van der Waals surface area contributed by atoms with Crippen LogP contribution in [0.5, 0.6) is 0 Å². The second-order valence-corrected chi connectivity index (χ2v) is 8.46. The fraction of sp³-hybridized carbons (Fsp3) is 0.667. The minimum Gasteiger partial charge on any atom is -0.340 e. The number of nitrogens with zero attached hydrogens (tertiary/aromatic N) is 7. The van der Waals surface area contributed by atoms with Crippen molar-refractivity contribution >= 4 is 11.9 Å². The second kappa shape index (κ2) is 8.08. The van der Waals surface area contributed by atoms with Crippen LogP contribution in [0.1, 0.15) is 62.6 Å². The zero-order valence-electron chi connectivity index (χ0n) is 16.9. The molecule has 5 rings (SSSR count). The van der Waals surface area contributed by atoms with Crippen molar-refractivity contribution in [2.75, 3.05) is 24.5 Å². The number of likely N-dealkylation sites (tertiary alicyclic amines) is 1. The van der Waals surface area contributed by atoms with E-state index in [1.54, 1.807) is 12.4 Å². The number of aryl methyl sites for hydroxylation is 1. The van der Waals surface area contributed by atoms with E-state index in [0.717, 1.165) is 69.3 Å². The minimum atomic E-state index is -0.000295. The van der Waals surface area contributed by atoms with E-state index in [4.69, 9.17) is 0 Å². The fourth-order valence-corrected chi connectivity index (χ4v) is 5.10. The van der Waals surface area contributed by atoms with Gasteiger partial charge in [0.25, 0.3) is 0 Å². The highest BCUT2D eigenvalue weighted by Gasteiger charge is 2.38. The van der Waals surface area contributed by atoms with Crippen molar-refractivity contribution in [3.63, 3.8) is 0 Å². The lowest BCUT2D eigenvalue weighted by molar-refractivity contribution is -0.137. The van der Waals surface area contributed by atoms with Crippen molar-refractivity contribution < 1.29 is 4.79 Å². The average Bonchev–Trinajstić information content (AvgIpc) is 3.34. The fourth-order valence-electron chi connectivity index (χ4n) is 5.10. The summed E-state index contributed by atoms with van der Waals surface area (Å²) in [6.07, 6.45) is 12.1. The summed E-state index contributed by atoms with van der Waals surface area (Å²) in [5.41, 5.74) is 0. The van der Waals surface area contributed by atoms with E-state index < -0.39 is 0 Å². The summed E-state index contributed by atoms with van der Waals surface area (Å²) < 4.78 is 2.30. The molecule has 1 amide bonds. The van der Waals surface area contributed by atoms with E-state index in [9.17, 15) is 4.79 Å². The molecule has 3 aliphatic rings. The summed E-state index contributed by atoms with van der Waals surface area (Å²) >= 11 is 0. The number of rotatable bonds is 3. The molecule has 2 fully saturated rings. The molecule has 0 bridgehead atoms. The lowest BCUT2D eigenvalue weighted by Gasteiger charge is -2.35. The van der Waals surface area contributed by atoms with Crippen molar-refractivity contribution in [1.29, 1.82) is 0 Å². The summed E-state index contributed by atoms with van der Waals surface area (Å²) in [4.78, 5) is 26.5. The third-order valence-electron chi connectivity index (χ3n) is 6.58. The normalized spacial score (nSPS) is 25.0. The Hall–Kier alpha value is -2.51. The van der Waals surface area contributed by atoms with Crippen molar-refractivity contribution in [3.05, 3.63) is 30.1 Å². The van der Waals surface area contributed by atoms with Gasteiger partial charge in [-0.25, -0.2) is 9.97 Å². The minimum absolute atomic E-state index is 0.000295. The van der Waals surface area contributed by atoms with Crippen LogP contribution < -0.4 is 4.90 Å². The topological polar surface area (TPSA) is 80.0 Å². The van der Waals surface area contributed by atoms with Crippen LogP contribution in [0.2, 0.25) is 0 Å². The van der Waals surface area contributed by atoms with Gasteiger partial charge in [0.05, 0.1) is 12.0 Å². The number of amides is 1. The van der Waals surface area contributed by atoms with Crippen LogP contribution >= 0.6 is 0 Å². The van der Waals surface area contributed by atoms with Crippen molar-refractivity contribution in [1.82, 2.24) is 29.6 Å².